The molecular weight excluding hydrogens is 372 g/mol. The standard InChI is InChI=1S/C14H14Br2N2O/c1-17-7-11-5-13(2-3-14(11)16)19-9-10-4-12(15)8-18-6-10/h2-6,8,17H,7,9H2,1H3. The highest BCUT2D eigenvalue weighted by molar-refractivity contribution is 9.10. The van der Waals surface area contributed by atoms with Gasteiger partial charge in [0.2, 0.25) is 0 Å². The minimum absolute atomic E-state index is 0.507. The lowest BCUT2D eigenvalue weighted by molar-refractivity contribution is 0.305. The van der Waals surface area contributed by atoms with E-state index in [1.54, 1.807) is 12.4 Å². The average Bonchev–Trinajstić information content (AvgIpc) is 2.40. The highest BCUT2D eigenvalue weighted by Gasteiger charge is 2.03. The Morgan fingerprint density at radius 1 is 1.21 bits per heavy atom. The van der Waals surface area contributed by atoms with Crippen molar-refractivity contribution < 1.29 is 4.74 Å². The van der Waals surface area contributed by atoms with Gasteiger partial charge in [0.05, 0.1) is 0 Å². The summed E-state index contributed by atoms with van der Waals surface area (Å²) in [4.78, 5) is 4.11. The molecule has 0 fully saturated rings. The Kier molecular flexibility index (Phi) is 5.36. The van der Waals surface area contributed by atoms with Crippen LogP contribution >= 0.6 is 31.9 Å². The van der Waals surface area contributed by atoms with E-state index >= 15 is 0 Å². The molecule has 0 unspecified atom stereocenters. The third-order valence-corrected chi connectivity index (χ3v) is 3.76. The van der Waals surface area contributed by atoms with Gasteiger partial charge in [-0.2, -0.15) is 0 Å². The number of benzene rings is 1. The Morgan fingerprint density at radius 3 is 2.79 bits per heavy atom. The first-order valence-corrected chi connectivity index (χ1v) is 7.43. The van der Waals surface area contributed by atoms with Crippen LogP contribution in [0.15, 0.2) is 45.6 Å². The van der Waals surface area contributed by atoms with E-state index < -0.39 is 0 Å². The second-order valence-corrected chi connectivity index (χ2v) is 5.85. The van der Waals surface area contributed by atoms with Crippen LogP contribution in [0.1, 0.15) is 11.1 Å². The maximum Gasteiger partial charge on any atom is 0.120 e. The summed E-state index contributed by atoms with van der Waals surface area (Å²) >= 11 is 6.92. The molecule has 5 heteroatoms. The Balaban J connectivity index is 2.05. The number of nitrogens with zero attached hydrogens (tertiary/aromatic N) is 1. The zero-order valence-electron chi connectivity index (χ0n) is 10.5. The quantitative estimate of drug-likeness (QED) is 0.847. The molecule has 2 rings (SSSR count). The smallest absolute Gasteiger partial charge is 0.120 e. The first-order chi connectivity index (χ1) is 9.19. The Hall–Kier alpha value is -0.910. The molecule has 19 heavy (non-hydrogen) atoms. The van der Waals surface area contributed by atoms with E-state index in [0.717, 1.165) is 26.8 Å². The van der Waals surface area contributed by atoms with Crippen molar-refractivity contribution in [3.05, 3.63) is 56.7 Å². The molecule has 2 aromatic rings. The summed E-state index contributed by atoms with van der Waals surface area (Å²) in [5.41, 5.74) is 2.21. The predicted molar refractivity (Wildman–Crippen MR) is 83.2 cm³/mol. The third-order valence-electron chi connectivity index (χ3n) is 2.55. The molecule has 0 amide bonds. The van der Waals surface area contributed by atoms with Crippen molar-refractivity contribution in [3.8, 4) is 5.75 Å². The molecule has 0 saturated carbocycles. The van der Waals surface area contributed by atoms with Crippen LogP contribution in [0.2, 0.25) is 0 Å². The molecule has 1 aromatic carbocycles. The molecule has 3 nitrogen and oxygen atoms in total. The van der Waals surface area contributed by atoms with Gasteiger partial charge in [0.15, 0.2) is 0 Å². The molecule has 0 aliphatic heterocycles. The van der Waals surface area contributed by atoms with Crippen LogP contribution in [0, 0.1) is 0 Å². The summed E-state index contributed by atoms with van der Waals surface area (Å²) in [7, 11) is 1.92. The first-order valence-electron chi connectivity index (χ1n) is 5.84. The summed E-state index contributed by atoms with van der Waals surface area (Å²) in [6.07, 6.45) is 3.56. The molecule has 1 aromatic heterocycles. The fraction of sp³-hybridized carbons (Fsp3) is 0.214. The molecule has 0 aliphatic rings. The molecule has 0 radical (unpaired) electrons. The van der Waals surface area contributed by atoms with Gasteiger partial charge in [0.1, 0.15) is 12.4 Å². The highest BCUT2D eigenvalue weighted by atomic mass is 79.9. The fourth-order valence-corrected chi connectivity index (χ4v) is 2.47. The van der Waals surface area contributed by atoms with Gasteiger partial charge in [-0.1, -0.05) is 15.9 Å². The van der Waals surface area contributed by atoms with Crippen LogP contribution < -0.4 is 10.1 Å². The van der Waals surface area contributed by atoms with Crippen LogP contribution in [0.3, 0.4) is 0 Å². The first kappa shape index (κ1) is 14.5. The highest BCUT2D eigenvalue weighted by Crippen LogP contribution is 2.23. The summed E-state index contributed by atoms with van der Waals surface area (Å²) in [5, 5.41) is 3.13. The van der Waals surface area contributed by atoms with Crippen LogP contribution in [0.25, 0.3) is 0 Å². The van der Waals surface area contributed by atoms with Crippen molar-refractivity contribution in [2.24, 2.45) is 0 Å². The van der Waals surface area contributed by atoms with Gasteiger partial charge in [-0.15, -0.1) is 0 Å². The largest absolute Gasteiger partial charge is 0.489 e. The van der Waals surface area contributed by atoms with Crippen LogP contribution in [0.5, 0.6) is 5.75 Å². The molecule has 1 N–H and O–H groups in total. The van der Waals surface area contributed by atoms with Gasteiger partial charge in [-0.25, -0.2) is 0 Å². The maximum atomic E-state index is 5.78. The summed E-state index contributed by atoms with van der Waals surface area (Å²) in [6, 6.07) is 7.99. The minimum Gasteiger partial charge on any atom is -0.489 e. The third kappa shape index (κ3) is 4.30. The predicted octanol–water partition coefficient (Wildman–Crippen LogP) is 3.91. The summed E-state index contributed by atoms with van der Waals surface area (Å²) < 4.78 is 7.82. The zero-order chi connectivity index (χ0) is 13.7. The number of halogens is 2. The van der Waals surface area contributed by atoms with E-state index in [9.17, 15) is 0 Å². The van der Waals surface area contributed by atoms with E-state index in [-0.39, 0.29) is 0 Å². The van der Waals surface area contributed by atoms with Gasteiger partial charge in [0.25, 0.3) is 0 Å². The minimum atomic E-state index is 0.507. The van der Waals surface area contributed by atoms with Crippen molar-refractivity contribution >= 4 is 31.9 Å². The Bertz CT molecular complexity index is 561. The monoisotopic (exact) mass is 384 g/mol. The molecular formula is C14H14Br2N2O. The normalized spacial score (nSPS) is 10.5. The topological polar surface area (TPSA) is 34.1 Å². The maximum absolute atomic E-state index is 5.78. The van der Waals surface area contributed by atoms with Crippen LogP contribution in [0.4, 0.5) is 0 Å². The lowest BCUT2D eigenvalue weighted by Gasteiger charge is -2.09. The Morgan fingerprint density at radius 2 is 2.05 bits per heavy atom. The number of rotatable bonds is 5. The Labute approximate surface area is 129 Å². The summed E-state index contributed by atoms with van der Waals surface area (Å²) in [5.74, 6) is 0.855. The second kappa shape index (κ2) is 7.03. The molecule has 0 atom stereocenters. The number of ether oxygens (including phenoxy) is 1. The van der Waals surface area contributed by atoms with E-state index in [0.29, 0.717) is 6.61 Å². The van der Waals surface area contributed by atoms with Gasteiger partial charge in [-0.05, 0) is 52.8 Å². The van der Waals surface area contributed by atoms with Crippen molar-refractivity contribution in [2.75, 3.05) is 7.05 Å². The summed E-state index contributed by atoms with van der Waals surface area (Å²) in [6.45, 7) is 1.31. The van der Waals surface area contributed by atoms with Gasteiger partial charge < -0.3 is 10.1 Å². The van der Waals surface area contributed by atoms with Crippen molar-refractivity contribution in [3.63, 3.8) is 0 Å². The second-order valence-electron chi connectivity index (χ2n) is 4.08. The molecule has 1 heterocycles. The van der Waals surface area contributed by atoms with Gasteiger partial charge in [0, 0.05) is 33.4 Å². The van der Waals surface area contributed by atoms with Crippen LogP contribution in [-0.4, -0.2) is 12.0 Å². The van der Waals surface area contributed by atoms with Crippen molar-refractivity contribution in [1.29, 1.82) is 0 Å². The van der Waals surface area contributed by atoms with Crippen LogP contribution in [-0.2, 0) is 13.2 Å². The van der Waals surface area contributed by atoms with E-state index in [2.05, 4.69) is 42.2 Å². The van der Waals surface area contributed by atoms with E-state index in [4.69, 9.17) is 4.74 Å². The lowest BCUT2D eigenvalue weighted by atomic mass is 10.2. The van der Waals surface area contributed by atoms with E-state index in [1.165, 1.54) is 5.56 Å². The molecule has 0 bridgehead atoms. The SMILES string of the molecule is CNCc1cc(OCc2cncc(Br)c2)ccc1Br. The van der Waals surface area contributed by atoms with Gasteiger partial charge >= 0.3 is 0 Å². The molecule has 0 saturated heterocycles. The zero-order valence-corrected chi connectivity index (χ0v) is 13.7. The number of pyridine rings is 1. The lowest BCUT2D eigenvalue weighted by Crippen LogP contribution is -2.06. The number of hydrogen-bond acceptors (Lipinski definition) is 3. The molecule has 0 spiro atoms. The van der Waals surface area contributed by atoms with Crippen molar-refractivity contribution in [2.45, 2.75) is 13.2 Å². The number of nitrogens with one attached hydrogen (secondary N) is 1. The molecule has 100 valence electrons. The van der Waals surface area contributed by atoms with Crippen molar-refractivity contribution in [1.82, 2.24) is 10.3 Å². The van der Waals surface area contributed by atoms with Gasteiger partial charge in [-0.3, -0.25) is 4.98 Å². The molecule has 0 aliphatic carbocycles. The number of aromatic nitrogens is 1. The number of hydrogen-bond donors (Lipinski definition) is 1. The van der Waals surface area contributed by atoms with E-state index in [1.807, 2.05) is 31.3 Å². The fourth-order valence-electron chi connectivity index (χ4n) is 1.67. The average molecular weight is 386 g/mol.